The molecule has 0 amide bonds. The lowest BCUT2D eigenvalue weighted by atomic mass is 10.1. The van der Waals surface area contributed by atoms with Gasteiger partial charge in [0, 0.05) is 41.9 Å². The van der Waals surface area contributed by atoms with Gasteiger partial charge >= 0.3 is 0 Å². The number of halogens is 1. The molecule has 0 spiro atoms. The Morgan fingerprint density at radius 1 is 1.20 bits per heavy atom. The van der Waals surface area contributed by atoms with Gasteiger partial charge in [0.1, 0.15) is 0 Å². The second-order valence-corrected chi connectivity index (χ2v) is 7.42. The van der Waals surface area contributed by atoms with Crippen LogP contribution < -0.4 is 10.2 Å². The molecule has 4 heteroatoms. The number of anilines is 1. The first-order valence-corrected chi connectivity index (χ1v) is 7.33. The van der Waals surface area contributed by atoms with E-state index in [-0.39, 0.29) is 5.54 Å². The quantitative estimate of drug-likeness (QED) is 0.874. The molecule has 0 aliphatic rings. The smallest absolute Gasteiger partial charge is 0.0765 e. The maximum atomic E-state index is 9.98. The molecule has 1 rings (SSSR count). The zero-order valence-electron chi connectivity index (χ0n) is 13.4. The molecule has 0 atom stereocenters. The van der Waals surface area contributed by atoms with Gasteiger partial charge in [-0.05, 0) is 46.8 Å². The minimum atomic E-state index is -0.744. The average molecular weight is 299 g/mol. The third-order valence-corrected chi connectivity index (χ3v) is 3.28. The average Bonchev–Trinajstić information content (AvgIpc) is 2.23. The Balaban J connectivity index is 2.99. The van der Waals surface area contributed by atoms with Crippen molar-refractivity contribution in [2.75, 3.05) is 18.5 Å². The van der Waals surface area contributed by atoms with Crippen LogP contribution in [0.4, 0.5) is 5.69 Å². The SMILES string of the molecule is CN(CC(C)(C)O)c1cccc(Cl)c1CNC(C)(C)C. The molecule has 0 aliphatic carbocycles. The van der Waals surface area contributed by atoms with Gasteiger partial charge in [-0.2, -0.15) is 0 Å². The number of aliphatic hydroxyl groups is 1. The molecule has 114 valence electrons. The van der Waals surface area contributed by atoms with Crippen molar-refractivity contribution in [2.45, 2.75) is 52.3 Å². The standard InChI is InChI=1S/C16H27ClN2O/c1-15(2,3)18-10-12-13(17)8-7-9-14(12)19(6)11-16(4,5)20/h7-9,18,20H,10-11H2,1-6H3. The van der Waals surface area contributed by atoms with Crippen molar-refractivity contribution in [1.82, 2.24) is 5.32 Å². The molecule has 3 nitrogen and oxygen atoms in total. The lowest BCUT2D eigenvalue weighted by Crippen LogP contribution is -2.38. The summed E-state index contributed by atoms with van der Waals surface area (Å²) in [5.74, 6) is 0. The number of rotatable bonds is 5. The molecule has 1 aromatic carbocycles. The first-order chi connectivity index (χ1) is 8.99. The van der Waals surface area contributed by atoms with Gasteiger partial charge in [0.2, 0.25) is 0 Å². The zero-order chi connectivity index (χ0) is 15.6. The molecule has 0 unspecified atom stereocenters. The van der Waals surface area contributed by atoms with Crippen molar-refractivity contribution >= 4 is 17.3 Å². The monoisotopic (exact) mass is 298 g/mol. The van der Waals surface area contributed by atoms with Crippen LogP contribution in [-0.4, -0.2) is 29.8 Å². The van der Waals surface area contributed by atoms with Gasteiger partial charge in [-0.1, -0.05) is 17.7 Å². The van der Waals surface area contributed by atoms with E-state index in [2.05, 4.69) is 26.1 Å². The summed E-state index contributed by atoms with van der Waals surface area (Å²) in [4.78, 5) is 2.05. The minimum absolute atomic E-state index is 0.0330. The van der Waals surface area contributed by atoms with Crippen molar-refractivity contribution in [3.63, 3.8) is 0 Å². The lowest BCUT2D eigenvalue weighted by molar-refractivity contribution is 0.0886. The Morgan fingerprint density at radius 2 is 1.80 bits per heavy atom. The summed E-state index contributed by atoms with van der Waals surface area (Å²) < 4.78 is 0. The fraction of sp³-hybridized carbons (Fsp3) is 0.625. The molecule has 0 fully saturated rings. The van der Waals surface area contributed by atoms with Crippen LogP contribution in [-0.2, 0) is 6.54 Å². The second-order valence-electron chi connectivity index (χ2n) is 7.01. The van der Waals surface area contributed by atoms with Crippen LogP contribution >= 0.6 is 11.6 Å². The van der Waals surface area contributed by atoms with Crippen molar-refractivity contribution in [3.8, 4) is 0 Å². The highest BCUT2D eigenvalue weighted by atomic mass is 35.5. The Morgan fingerprint density at radius 3 is 2.30 bits per heavy atom. The van der Waals surface area contributed by atoms with E-state index in [0.717, 1.165) is 16.3 Å². The summed E-state index contributed by atoms with van der Waals surface area (Å²) in [6, 6.07) is 5.89. The van der Waals surface area contributed by atoms with E-state index in [1.54, 1.807) is 13.8 Å². The molecule has 0 heterocycles. The molecule has 2 N–H and O–H groups in total. The molecule has 0 saturated heterocycles. The topological polar surface area (TPSA) is 35.5 Å². The highest BCUT2D eigenvalue weighted by Crippen LogP contribution is 2.28. The highest BCUT2D eigenvalue weighted by Gasteiger charge is 2.19. The first kappa shape index (κ1) is 17.3. The molecule has 0 aromatic heterocycles. The number of likely N-dealkylation sites (N-methyl/N-ethyl adjacent to an activating group) is 1. The first-order valence-electron chi connectivity index (χ1n) is 6.95. The maximum absolute atomic E-state index is 9.98. The molecule has 0 bridgehead atoms. The third kappa shape index (κ3) is 5.70. The van der Waals surface area contributed by atoms with Crippen molar-refractivity contribution in [2.24, 2.45) is 0 Å². The van der Waals surface area contributed by atoms with Crippen LogP contribution in [0.5, 0.6) is 0 Å². The van der Waals surface area contributed by atoms with E-state index in [1.807, 2.05) is 30.1 Å². The van der Waals surface area contributed by atoms with Gasteiger partial charge in [-0.25, -0.2) is 0 Å². The van der Waals surface area contributed by atoms with Gasteiger partial charge in [0.15, 0.2) is 0 Å². The van der Waals surface area contributed by atoms with Crippen molar-refractivity contribution < 1.29 is 5.11 Å². The number of hydrogen-bond donors (Lipinski definition) is 2. The predicted molar refractivity (Wildman–Crippen MR) is 87.6 cm³/mol. The van der Waals surface area contributed by atoms with Gasteiger partial charge in [0.25, 0.3) is 0 Å². The molecule has 20 heavy (non-hydrogen) atoms. The van der Waals surface area contributed by atoms with Crippen LogP contribution in [0.2, 0.25) is 5.02 Å². The summed E-state index contributed by atoms with van der Waals surface area (Å²) in [6.07, 6.45) is 0. The van der Waals surface area contributed by atoms with E-state index in [4.69, 9.17) is 11.6 Å². The lowest BCUT2D eigenvalue weighted by Gasteiger charge is -2.30. The van der Waals surface area contributed by atoms with Crippen molar-refractivity contribution in [3.05, 3.63) is 28.8 Å². The second kappa shape index (κ2) is 6.33. The van der Waals surface area contributed by atoms with Crippen LogP contribution in [0, 0.1) is 0 Å². The predicted octanol–water partition coefficient (Wildman–Crippen LogP) is 3.44. The zero-order valence-corrected chi connectivity index (χ0v) is 14.2. The molecular formula is C16H27ClN2O. The number of nitrogens with one attached hydrogen (secondary N) is 1. The molecular weight excluding hydrogens is 272 g/mol. The van der Waals surface area contributed by atoms with Crippen LogP contribution in [0.1, 0.15) is 40.2 Å². The molecule has 1 aromatic rings. The summed E-state index contributed by atoms with van der Waals surface area (Å²) in [5, 5.41) is 14.2. The fourth-order valence-electron chi connectivity index (χ4n) is 2.10. The van der Waals surface area contributed by atoms with Crippen molar-refractivity contribution in [1.29, 1.82) is 0 Å². The fourth-order valence-corrected chi connectivity index (χ4v) is 2.34. The van der Waals surface area contributed by atoms with E-state index in [9.17, 15) is 5.11 Å². The Labute approximate surface area is 127 Å². The molecule has 0 aliphatic heterocycles. The number of benzene rings is 1. The van der Waals surface area contributed by atoms with Gasteiger partial charge in [-0.15, -0.1) is 0 Å². The number of nitrogens with zero attached hydrogens (tertiary/aromatic N) is 1. The van der Waals surface area contributed by atoms with Crippen LogP contribution in [0.3, 0.4) is 0 Å². The van der Waals surface area contributed by atoms with E-state index in [0.29, 0.717) is 13.1 Å². The number of hydrogen-bond acceptors (Lipinski definition) is 3. The summed E-state index contributed by atoms with van der Waals surface area (Å²) in [7, 11) is 1.98. The maximum Gasteiger partial charge on any atom is 0.0765 e. The normalized spacial score (nSPS) is 12.6. The third-order valence-electron chi connectivity index (χ3n) is 2.92. The van der Waals surface area contributed by atoms with Crippen LogP contribution in [0.25, 0.3) is 0 Å². The van der Waals surface area contributed by atoms with Gasteiger partial charge in [-0.3, -0.25) is 0 Å². The Hall–Kier alpha value is -0.770. The minimum Gasteiger partial charge on any atom is -0.389 e. The summed E-state index contributed by atoms with van der Waals surface area (Å²) in [6.45, 7) is 11.3. The molecule has 0 saturated carbocycles. The van der Waals surface area contributed by atoms with Gasteiger partial charge < -0.3 is 15.3 Å². The van der Waals surface area contributed by atoms with E-state index < -0.39 is 5.60 Å². The summed E-state index contributed by atoms with van der Waals surface area (Å²) >= 11 is 6.34. The summed E-state index contributed by atoms with van der Waals surface area (Å²) in [5.41, 5.74) is 1.41. The van der Waals surface area contributed by atoms with Crippen LogP contribution in [0.15, 0.2) is 18.2 Å². The Bertz CT molecular complexity index is 447. The largest absolute Gasteiger partial charge is 0.389 e. The highest BCUT2D eigenvalue weighted by molar-refractivity contribution is 6.31. The van der Waals surface area contributed by atoms with Gasteiger partial charge in [0.05, 0.1) is 5.60 Å². The molecule has 0 radical (unpaired) electrons. The van der Waals surface area contributed by atoms with E-state index >= 15 is 0 Å². The van der Waals surface area contributed by atoms with E-state index in [1.165, 1.54) is 0 Å². The Kier molecular flexibility index (Phi) is 5.47.